The van der Waals surface area contributed by atoms with Crippen LogP contribution >= 0.6 is 15.9 Å². The number of aromatic nitrogens is 1. The molecule has 0 spiro atoms. The van der Waals surface area contributed by atoms with Crippen LogP contribution in [0.4, 0.5) is 5.69 Å². The largest absolute Gasteiger partial charge is 0.322 e. The lowest BCUT2D eigenvalue weighted by Crippen LogP contribution is -2.12. The second-order valence-corrected chi connectivity index (χ2v) is 5.74. The lowest BCUT2D eigenvalue weighted by molar-refractivity contribution is 0.102. The smallest absolute Gasteiger partial charge is 0.255 e. The fourth-order valence-electron chi connectivity index (χ4n) is 2.14. The number of aryl methyl sites for hydroxylation is 1. The molecule has 1 N–H and O–H groups in total. The number of halogens is 1. The summed E-state index contributed by atoms with van der Waals surface area (Å²) in [6, 6.07) is 15.1. The third-order valence-corrected chi connectivity index (χ3v) is 3.81. The number of rotatable bonds is 2. The van der Waals surface area contributed by atoms with Crippen LogP contribution in [0.15, 0.2) is 59.2 Å². The van der Waals surface area contributed by atoms with Crippen molar-refractivity contribution in [1.29, 1.82) is 0 Å². The molecule has 1 heterocycles. The van der Waals surface area contributed by atoms with E-state index in [9.17, 15) is 4.79 Å². The Labute approximate surface area is 131 Å². The van der Waals surface area contributed by atoms with Crippen LogP contribution in [0.3, 0.4) is 0 Å². The van der Waals surface area contributed by atoms with Crippen LogP contribution < -0.4 is 5.32 Å². The molecule has 0 aliphatic heterocycles. The van der Waals surface area contributed by atoms with Crippen LogP contribution in [-0.2, 0) is 0 Å². The van der Waals surface area contributed by atoms with Gasteiger partial charge in [0, 0.05) is 27.3 Å². The molecule has 2 aromatic carbocycles. The van der Waals surface area contributed by atoms with E-state index in [1.54, 1.807) is 12.3 Å². The van der Waals surface area contributed by atoms with Crippen molar-refractivity contribution in [1.82, 2.24) is 4.98 Å². The maximum Gasteiger partial charge on any atom is 0.255 e. The minimum Gasteiger partial charge on any atom is -0.322 e. The predicted molar refractivity (Wildman–Crippen MR) is 88.6 cm³/mol. The summed E-state index contributed by atoms with van der Waals surface area (Å²) >= 11 is 3.42. The lowest BCUT2D eigenvalue weighted by atomic mass is 10.1. The van der Waals surface area contributed by atoms with Gasteiger partial charge in [0.2, 0.25) is 0 Å². The highest BCUT2D eigenvalue weighted by Crippen LogP contribution is 2.22. The summed E-state index contributed by atoms with van der Waals surface area (Å²) in [6.45, 7) is 1.96. The molecule has 0 radical (unpaired) electrons. The van der Waals surface area contributed by atoms with Gasteiger partial charge in [-0.1, -0.05) is 28.1 Å². The topological polar surface area (TPSA) is 42.0 Å². The summed E-state index contributed by atoms with van der Waals surface area (Å²) in [5, 5.41) is 3.90. The molecule has 1 amide bonds. The highest BCUT2D eigenvalue weighted by molar-refractivity contribution is 9.10. The van der Waals surface area contributed by atoms with Gasteiger partial charge in [0.25, 0.3) is 5.91 Å². The number of benzene rings is 2. The normalized spacial score (nSPS) is 10.6. The van der Waals surface area contributed by atoms with Gasteiger partial charge in [-0.05, 0) is 48.9 Å². The SMILES string of the molecule is Cc1ccc(Br)cc1NC(=O)c1ccc2ncccc2c1. The molecule has 0 aliphatic carbocycles. The Morgan fingerprint density at radius 1 is 1.14 bits per heavy atom. The van der Waals surface area contributed by atoms with Crippen molar-refractivity contribution in [2.45, 2.75) is 6.92 Å². The first-order chi connectivity index (χ1) is 10.1. The van der Waals surface area contributed by atoms with E-state index in [1.807, 2.05) is 49.4 Å². The summed E-state index contributed by atoms with van der Waals surface area (Å²) in [4.78, 5) is 16.6. The van der Waals surface area contributed by atoms with Crippen molar-refractivity contribution in [3.05, 3.63) is 70.3 Å². The quantitative estimate of drug-likeness (QED) is 0.743. The monoisotopic (exact) mass is 340 g/mol. The minimum atomic E-state index is -0.123. The first-order valence-electron chi connectivity index (χ1n) is 6.56. The van der Waals surface area contributed by atoms with Crippen LogP contribution in [0, 0.1) is 6.92 Å². The molecule has 0 bridgehead atoms. The zero-order valence-electron chi connectivity index (χ0n) is 11.4. The first kappa shape index (κ1) is 13.8. The molecule has 3 rings (SSSR count). The number of anilines is 1. The zero-order chi connectivity index (χ0) is 14.8. The molecule has 0 unspecified atom stereocenters. The Hall–Kier alpha value is -2.20. The molecule has 1 aromatic heterocycles. The number of carbonyl (C=O) groups excluding carboxylic acids is 1. The maximum absolute atomic E-state index is 12.4. The van der Waals surface area contributed by atoms with Crippen LogP contribution in [0.5, 0.6) is 0 Å². The number of amides is 1. The van der Waals surface area contributed by atoms with Crippen molar-refractivity contribution < 1.29 is 4.79 Å². The number of nitrogens with zero attached hydrogens (tertiary/aromatic N) is 1. The van der Waals surface area contributed by atoms with Gasteiger partial charge in [-0.15, -0.1) is 0 Å². The van der Waals surface area contributed by atoms with Gasteiger partial charge in [-0.3, -0.25) is 9.78 Å². The molecule has 0 aliphatic rings. The van der Waals surface area contributed by atoms with Crippen LogP contribution in [0.1, 0.15) is 15.9 Å². The number of carbonyl (C=O) groups is 1. The van der Waals surface area contributed by atoms with E-state index < -0.39 is 0 Å². The van der Waals surface area contributed by atoms with Crippen LogP contribution in [-0.4, -0.2) is 10.9 Å². The molecule has 3 aromatic rings. The highest BCUT2D eigenvalue weighted by atomic mass is 79.9. The summed E-state index contributed by atoms with van der Waals surface area (Å²) < 4.78 is 0.936. The number of fused-ring (bicyclic) bond motifs is 1. The second kappa shape index (κ2) is 5.66. The molecular formula is C17H13BrN2O. The van der Waals surface area contributed by atoms with Gasteiger partial charge >= 0.3 is 0 Å². The summed E-state index contributed by atoms with van der Waals surface area (Å²) in [5.41, 5.74) is 3.33. The van der Waals surface area contributed by atoms with Crippen molar-refractivity contribution in [2.24, 2.45) is 0 Å². The third kappa shape index (κ3) is 2.95. The molecule has 3 nitrogen and oxygen atoms in total. The van der Waals surface area contributed by atoms with Gasteiger partial charge in [0.05, 0.1) is 5.52 Å². The van der Waals surface area contributed by atoms with Crippen molar-refractivity contribution in [2.75, 3.05) is 5.32 Å². The third-order valence-electron chi connectivity index (χ3n) is 3.31. The average molecular weight is 341 g/mol. The van der Waals surface area contributed by atoms with Gasteiger partial charge in [-0.25, -0.2) is 0 Å². The molecule has 0 fully saturated rings. The maximum atomic E-state index is 12.4. The Kier molecular flexibility index (Phi) is 3.71. The Balaban J connectivity index is 1.91. The number of hydrogen-bond acceptors (Lipinski definition) is 2. The van der Waals surface area contributed by atoms with E-state index in [0.717, 1.165) is 26.6 Å². The van der Waals surface area contributed by atoms with Gasteiger partial charge in [-0.2, -0.15) is 0 Å². The standard InChI is InChI=1S/C17H13BrN2O/c1-11-4-6-14(18)10-16(11)20-17(21)13-5-7-15-12(9-13)3-2-8-19-15/h2-10H,1H3,(H,20,21). The molecule has 21 heavy (non-hydrogen) atoms. The van der Waals surface area contributed by atoms with E-state index in [1.165, 1.54) is 0 Å². The molecule has 0 saturated carbocycles. The van der Waals surface area contributed by atoms with Crippen molar-refractivity contribution in [3.63, 3.8) is 0 Å². The predicted octanol–water partition coefficient (Wildman–Crippen LogP) is 4.56. The van der Waals surface area contributed by atoms with Crippen LogP contribution in [0.2, 0.25) is 0 Å². The van der Waals surface area contributed by atoms with E-state index in [-0.39, 0.29) is 5.91 Å². The number of pyridine rings is 1. The first-order valence-corrected chi connectivity index (χ1v) is 7.35. The molecular weight excluding hydrogens is 328 g/mol. The van der Waals surface area contributed by atoms with E-state index in [4.69, 9.17) is 0 Å². The summed E-state index contributed by atoms with van der Waals surface area (Å²) in [5.74, 6) is -0.123. The van der Waals surface area contributed by atoms with Gasteiger partial charge in [0.1, 0.15) is 0 Å². The van der Waals surface area contributed by atoms with E-state index >= 15 is 0 Å². The van der Waals surface area contributed by atoms with Gasteiger partial charge in [0.15, 0.2) is 0 Å². The number of nitrogens with one attached hydrogen (secondary N) is 1. The molecule has 0 saturated heterocycles. The molecule has 104 valence electrons. The van der Waals surface area contributed by atoms with E-state index in [0.29, 0.717) is 5.56 Å². The Bertz CT molecular complexity index is 830. The molecule has 4 heteroatoms. The average Bonchev–Trinajstić information content (AvgIpc) is 2.50. The summed E-state index contributed by atoms with van der Waals surface area (Å²) in [7, 11) is 0. The van der Waals surface area contributed by atoms with Crippen molar-refractivity contribution in [3.8, 4) is 0 Å². The summed E-state index contributed by atoms with van der Waals surface area (Å²) in [6.07, 6.45) is 1.74. The van der Waals surface area contributed by atoms with Gasteiger partial charge < -0.3 is 5.32 Å². The number of hydrogen-bond donors (Lipinski definition) is 1. The zero-order valence-corrected chi connectivity index (χ0v) is 13.0. The van der Waals surface area contributed by atoms with Crippen molar-refractivity contribution >= 4 is 38.4 Å². The Morgan fingerprint density at radius 3 is 2.86 bits per heavy atom. The van der Waals surface area contributed by atoms with E-state index in [2.05, 4.69) is 26.2 Å². The Morgan fingerprint density at radius 2 is 2.00 bits per heavy atom. The fraction of sp³-hybridized carbons (Fsp3) is 0.0588. The fourth-order valence-corrected chi connectivity index (χ4v) is 2.50. The highest BCUT2D eigenvalue weighted by Gasteiger charge is 2.09. The molecule has 0 atom stereocenters. The minimum absolute atomic E-state index is 0.123. The van der Waals surface area contributed by atoms with Crippen LogP contribution in [0.25, 0.3) is 10.9 Å². The lowest BCUT2D eigenvalue weighted by Gasteiger charge is -2.09. The second-order valence-electron chi connectivity index (χ2n) is 4.82.